The molecule has 1 heterocycles. The van der Waals surface area contributed by atoms with E-state index in [1.165, 1.54) is 9.49 Å². The molecule has 1 unspecified atom stereocenters. The summed E-state index contributed by atoms with van der Waals surface area (Å²) in [7, 11) is -5.67. The molecule has 1 fully saturated rings. The van der Waals surface area contributed by atoms with Crippen LogP contribution in [0.2, 0.25) is 13.1 Å². The van der Waals surface area contributed by atoms with Gasteiger partial charge in [0.2, 0.25) is 0 Å². The second-order valence-electron chi connectivity index (χ2n) is 7.94. The summed E-state index contributed by atoms with van der Waals surface area (Å²) in [5.74, 6) is -0.0480. The van der Waals surface area contributed by atoms with E-state index in [0.29, 0.717) is 24.3 Å². The first-order valence-corrected chi connectivity index (χ1v) is 14.1. The van der Waals surface area contributed by atoms with E-state index in [-0.39, 0.29) is 5.92 Å². The van der Waals surface area contributed by atoms with E-state index < -0.39 is 18.1 Å². The molecule has 148 valence electrons. The van der Waals surface area contributed by atoms with Gasteiger partial charge in [-0.05, 0) is 25.5 Å². The summed E-state index contributed by atoms with van der Waals surface area (Å²) in [6.07, 6.45) is 1.93. The van der Waals surface area contributed by atoms with E-state index in [1.54, 1.807) is 12.1 Å². The molecule has 1 aliphatic rings. The van der Waals surface area contributed by atoms with Crippen molar-refractivity contribution >= 4 is 29.6 Å². The van der Waals surface area contributed by atoms with Gasteiger partial charge >= 0.3 is 0 Å². The number of aldehydes is 1. The Labute approximate surface area is 169 Å². The number of hydrogen-bond acceptors (Lipinski definition) is 3. The van der Waals surface area contributed by atoms with Crippen LogP contribution in [0.1, 0.15) is 18.4 Å². The molecule has 28 heavy (non-hydrogen) atoms. The molecule has 4 nitrogen and oxygen atoms in total. The highest BCUT2D eigenvalue weighted by molar-refractivity contribution is 7.89. The minimum absolute atomic E-state index is 0.0480. The summed E-state index contributed by atoms with van der Waals surface area (Å²) in [6.45, 7) is 6.77. The third-order valence-electron chi connectivity index (χ3n) is 5.40. The molecule has 1 aliphatic heterocycles. The first kappa shape index (κ1) is 20.5. The van der Waals surface area contributed by atoms with Crippen LogP contribution in [-0.2, 0) is 14.8 Å². The highest BCUT2D eigenvalue weighted by Gasteiger charge is 2.38. The molecule has 0 radical (unpaired) electrons. The summed E-state index contributed by atoms with van der Waals surface area (Å²) in [4.78, 5) is 11.5. The van der Waals surface area contributed by atoms with Gasteiger partial charge in [-0.1, -0.05) is 72.0 Å². The molecular weight excluding hydrogens is 386 g/mol. The molecule has 1 atom stereocenters. The number of carbonyl (C=O) groups is 1. The van der Waals surface area contributed by atoms with Crippen molar-refractivity contribution in [2.75, 3.05) is 6.54 Å². The zero-order valence-electron chi connectivity index (χ0n) is 16.6. The van der Waals surface area contributed by atoms with Crippen LogP contribution in [0.3, 0.4) is 0 Å². The maximum atomic E-state index is 13.3. The molecular formula is C22H27NO3SSi. The van der Waals surface area contributed by atoms with E-state index in [9.17, 15) is 13.2 Å². The van der Waals surface area contributed by atoms with Gasteiger partial charge in [0.15, 0.2) is 0 Å². The molecule has 1 saturated heterocycles. The van der Waals surface area contributed by atoms with Crippen LogP contribution in [0.4, 0.5) is 0 Å². The fraction of sp³-hybridized carbons (Fsp3) is 0.318. The van der Waals surface area contributed by atoms with Gasteiger partial charge in [0.05, 0.1) is 4.90 Å². The van der Waals surface area contributed by atoms with E-state index in [4.69, 9.17) is 0 Å². The monoisotopic (exact) mass is 413 g/mol. The second-order valence-corrected chi connectivity index (χ2v) is 14.1. The number of allylic oxidation sites excluding steroid dienone is 1. The van der Waals surface area contributed by atoms with Crippen LogP contribution in [-0.4, -0.2) is 33.6 Å². The predicted molar refractivity (Wildman–Crippen MR) is 115 cm³/mol. The first-order chi connectivity index (χ1) is 13.3. The van der Waals surface area contributed by atoms with Gasteiger partial charge in [-0.25, -0.2) is 8.42 Å². The van der Waals surface area contributed by atoms with Crippen LogP contribution in [0.25, 0.3) is 0 Å². The third-order valence-corrected chi connectivity index (χ3v) is 10.1. The molecule has 0 N–H and O–H groups in total. The zero-order valence-corrected chi connectivity index (χ0v) is 18.4. The lowest BCUT2D eigenvalue weighted by Crippen LogP contribution is -2.41. The lowest BCUT2D eigenvalue weighted by Gasteiger charge is -2.27. The number of hydrogen-bond donors (Lipinski definition) is 0. The Morgan fingerprint density at radius 2 is 1.71 bits per heavy atom. The maximum Gasteiger partial charge on any atom is 0.264 e. The van der Waals surface area contributed by atoms with Crippen molar-refractivity contribution in [2.45, 2.75) is 37.8 Å². The van der Waals surface area contributed by atoms with Crippen LogP contribution in [0.15, 0.2) is 70.9 Å². The molecule has 0 spiro atoms. The third kappa shape index (κ3) is 4.13. The van der Waals surface area contributed by atoms with Crippen molar-refractivity contribution in [3.8, 4) is 0 Å². The lowest BCUT2D eigenvalue weighted by molar-refractivity contribution is -0.108. The number of benzene rings is 2. The van der Waals surface area contributed by atoms with Gasteiger partial charge in [-0.15, -0.1) is 0 Å². The fourth-order valence-electron chi connectivity index (χ4n) is 3.72. The summed E-state index contributed by atoms with van der Waals surface area (Å²) >= 11 is 0. The van der Waals surface area contributed by atoms with Crippen LogP contribution in [0.5, 0.6) is 0 Å². The van der Waals surface area contributed by atoms with Gasteiger partial charge in [-0.2, -0.15) is 0 Å². The smallest absolute Gasteiger partial charge is 0.264 e. The van der Waals surface area contributed by atoms with Crippen molar-refractivity contribution in [3.63, 3.8) is 0 Å². The molecule has 0 aromatic heterocycles. The molecule has 2 aromatic rings. The minimum atomic E-state index is -3.64. The van der Waals surface area contributed by atoms with Crippen LogP contribution in [0, 0.1) is 12.8 Å². The standard InChI is InChI=1S/C22H27NO3SSi/c1-18-9-11-20(12-10-18)27(25,26)23-15-13-19(14-16-24)22(23)17-28(2,3)21-7-5-4-6-8-21/h4-12,16-17,19H,13-15H2,1-3H3/b22-17+. The average Bonchev–Trinajstić information content (AvgIpc) is 3.06. The van der Waals surface area contributed by atoms with Gasteiger partial charge in [0.25, 0.3) is 10.0 Å². The number of rotatable bonds is 6. The van der Waals surface area contributed by atoms with Crippen molar-refractivity contribution in [3.05, 3.63) is 71.6 Å². The van der Waals surface area contributed by atoms with E-state index in [2.05, 4.69) is 30.9 Å². The fourth-order valence-corrected chi connectivity index (χ4v) is 7.72. The van der Waals surface area contributed by atoms with E-state index in [0.717, 1.165) is 17.5 Å². The Morgan fingerprint density at radius 1 is 1.07 bits per heavy atom. The Kier molecular flexibility index (Phi) is 5.91. The summed E-state index contributed by atoms with van der Waals surface area (Å²) < 4.78 is 28.2. The molecule has 0 amide bonds. The van der Waals surface area contributed by atoms with Gasteiger partial charge in [-0.3, -0.25) is 4.31 Å². The molecule has 6 heteroatoms. The molecule has 2 aromatic carbocycles. The molecule has 3 rings (SSSR count). The maximum absolute atomic E-state index is 13.3. The van der Waals surface area contributed by atoms with Crippen molar-refractivity contribution in [1.82, 2.24) is 4.31 Å². The van der Waals surface area contributed by atoms with Crippen LogP contribution >= 0.6 is 0 Å². The molecule has 0 aliphatic carbocycles. The van der Waals surface area contributed by atoms with Crippen molar-refractivity contribution in [1.29, 1.82) is 0 Å². The average molecular weight is 414 g/mol. The SMILES string of the molecule is Cc1ccc(S(=O)(=O)N2CCC(CC=O)/C2=C\[Si](C)(C)c2ccccc2)cc1. The number of carbonyl (C=O) groups excluding carboxylic acids is 1. The summed E-state index contributed by atoms with van der Waals surface area (Å²) in [5.41, 5.74) is 3.97. The van der Waals surface area contributed by atoms with Crippen LogP contribution < -0.4 is 5.19 Å². The number of nitrogens with zero attached hydrogens (tertiary/aromatic N) is 1. The van der Waals surface area contributed by atoms with E-state index >= 15 is 0 Å². The molecule has 0 saturated carbocycles. The topological polar surface area (TPSA) is 54.5 Å². The first-order valence-electron chi connectivity index (χ1n) is 9.57. The summed E-state index contributed by atoms with van der Waals surface area (Å²) in [6, 6.07) is 17.2. The van der Waals surface area contributed by atoms with Crippen molar-refractivity contribution < 1.29 is 13.2 Å². The lowest BCUT2D eigenvalue weighted by atomic mass is 10.0. The van der Waals surface area contributed by atoms with Gasteiger partial charge in [0, 0.05) is 24.6 Å². The van der Waals surface area contributed by atoms with E-state index in [1.807, 2.05) is 37.3 Å². The Morgan fingerprint density at radius 3 is 2.32 bits per heavy atom. The number of aryl methyl sites for hydroxylation is 1. The normalized spacial score (nSPS) is 19.2. The van der Waals surface area contributed by atoms with Gasteiger partial charge in [0.1, 0.15) is 14.4 Å². The van der Waals surface area contributed by atoms with Crippen molar-refractivity contribution in [2.24, 2.45) is 5.92 Å². The Balaban J connectivity index is 2.05. The highest BCUT2D eigenvalue weighted by Crippen LogP contribution is 2.36. The predicted octanol–water partition coefficient (Wildman–Crippen LogP) is 3.63. The Hall–Kier alpha value is -2.18. The minimum Gasteiger partial charge on any atom is -0.303 e. The zero-order chi connectivity index (χ0) is 20.4. The largest absolute Gasteiger partial charge is 0.303 e. The second kappa shape index (κ2) is 8.05. The quantitative estimate of drug-likeness (QED) is 0.537. The molecule has 0 bridgehead atoms. The Bertz CT molecular complexity index is 967. The van der Waals surface area contributed by atoms with Gasteiger partial charge < -0.3 is 4.79 Å². The highest BCUT2D eigenvalue weighted by atomic mass is 32.2. The summed E-state index contributed by atoms with van der Waals surface area (Å²) in [5, 5.41) is 1.24. The number of sulfonamides is 1.